The molecule has 12 heteroatoms. The third-order valence-corrected chi connectivity index (χ3v) is 9.67. The van der Waals surface area contributed by atoms with Crippen LogP contribution in [0.3, 0.4) is 0 Å². The van der Waals surface area contributed by atoms with E-state index in [0.29, 0.717) is 30.9 Å². The highest BCUT2D eigenvalue weighted by molar-refractivity contribution is 5.92. The van der Waals surface area contributed by atoms with Gasteiger partial charge in [-0.2, -0.15) is 4.98 Å². The van der Waals surface area contributed by atoms with Gasteiger partial charge in [-0.25, -0.2) is 27.5 Å². The minimum atomic E-state index is -1.30. The summed E-state index contributed by atoms with van der Waals surface area (Å²) in [4.78, 5) is 44.3. The number of rotatable bonds is 3. The smallest absolute Gasteiger partial charge is 0.355 e. The predicted octanol–water partition coefficient (Wildman–Crippen LogP) is 5.71. The molecule has 1 amide bonds. The maximum Gasteiger partial charge on any atom is 0.355 e. The lowest BCUT2D eigenvalue weighted by atomic mass is 9.93. The van der Waals surface area contributed by atoms with Crippen LogP contribution in [0, 0.1) is 22.9 Å². The molecule has 2 fully saturated rings. The fourth-order valence-corrected chi connectivity index (χ4v) is 6.94. The standard InChI is InChI=1S/C35H35F3N6O3/c1-6-26(45)42-15-20(5)43(16-19(42)4)32-22-13-24(37)30-27-25(8-7-23(36)28(27)38)47-17-35(10-11-35)14-21-9-12-39-29(18(2)3)31(21)44(33(22)40-30)34(46)41-32/h6-9,12-13,18-20H,1,10-11,14-17H2,2-5H3/t19-,20+/m1/s1. The van der Waals surface area contributed by atoms with E-state index in [-0.39, 0.29) is 58.5 Å². The molecule has 5 heterocycles. The van der Waals surface area contributed by atoms with Crippen molar-refractivity contribution in [2.45, 2.75) is 65.0 Å². The molecule has 0 N–H and O–H groups in total. The number of ether oxygens (including phenoxy) is 1. The summed E-state index contributed by atoms with van der Waals surface area (Å²) >= 11 is 0. The Bertz CT molecular complexity index is 2020. The van der Waals surface area contributed by atoms with Gasteiger partial charge in [-0.15, -0.1) is 0 Å². The Morgan fingerprint density at radius 1 is 1.09 bits per heavy atom. The van der Waals surface area contributed by atoms with E-state index in [1.165, 1.54) is 22.8 Å². The molecular weight excluding hydrogens is 609 g/mol. The van der Waals surface area contributed by atoms with Gasteiger partial charge in [0.25, 0.3) is 0 Å². The number of carbonyl (C=O) groups excluding carboxylic acids is 1. The molecule has 3 aliphatic rings. The first-order chi connectivity index (χ1) is 22.4. The van der Waals surface area contributed by atoms with Crippen molar-refractivity contribution in [3.05, 3.63) is 82.3 Å². The van der Waals surface area contributed by atoms with E-state index in [0.717, 1.165) is 24.5 Å². The van der Waals surface area contributed by atoms with Crippen LogP contribution in [0.15, 0.2) is 47.9 Å². The number of carbonyl (C=O) groups is 1. The summed E-state index contributed by atoms with van der Waals surface area (Å²) in [7, 11) is 0. The zero-order valence-corrected chi connectivity index (χ0v) is 26.7. The number of amides is 1. The predicted molar refractivity (Wildman–Crippen MR) is 171 cm³/mol. The summed E-state index contributed by atoms with van der Waals surface area (Å²) in [6, 6.07) is 4.68. The summed E-state index contributed by atoms with van der Waals surface area (Å²) < 4.78 is 54.2. The van der Waals surface area contributed by atoms with Crippen LogP contribution < -0.4 is 15.3 Å². The normalized spacial score (nSPS) is 20.0. The Kier molecular flexibility index (Phi) is 7.36. The van der Waals surface area contributed by atoms with Gasteiger partial charge in [-0.05, 0) is 74.9 Å². The lowest BCUT2D eigenvalue weighted by molar-refractivity contribution is -0.128. The molecule has 1 aliphatic carbocycles. The minimum absolute atomic E-state index is 0.0250. The number of anilines is 1. The summed E-state index contributed by atoms with van der Waals surface area (Å²) in [6.07, 6.45) is 5.14. The van der Waals surface area contributed by atoms with Gasteiger partial charge < -0.3 is 14.5 Å². The number of pyridine rings is 2. The van der Waals surface area contributed by atoms with Gasteiger partial charge in [-0.1, -0.05) is 20.4 Å². The molecule has 7 rings (SSSR count). The molecule has 0 unspecified atom stereocenters. The van der Waals surface area contributed by atoms with Crippen molar-refractivity contribution in [2.75, 3.05) is 24.6 Å². The zero-order chi connectivity index (χ0) is 33.4. The molecule has 1 spiro atoms. The zero-order valence-electron chi connectivity index (χ0n) is 26.7. The SMILES string of the molecule is C=CC(=O)N1C[C@H](C)N(c2nc(=O)n3c4nc(c(F)cc24)-c2c(ccc(F)c2F)OCC2(CC2)Cc2ccnc(C(C)C)c2-3)C[C@H]1C. The number of piperazine rings is 1. The quantitative estimate of drug-likeness (QED) is 0.264. The van der Waals surface area contributed by atoms with Crippen LogP contribution in [-0.4, -0.2) is 62.1 Å². The Labute approximate surface area is 269 Å². The van der Waals surface area contributed by atoms with Crippen molar-refractivity contribution in [1.82, 2.24) is 24.4 Å². The molecule has 47 heavy (non-hydrogen) atoms. The van der Waals surface area contributed by atoms with E-state index in [1.807, 2.05) is 38.7 Å². The third kappa shape index (κ3) is 5.05. The summed E-state index contributed by atoms with van der Waals surface area (Å²) in [5.41, 5.74) is 0.0459. The van der Waals surface area contributed by atoms with Gasteiger partial charge in [0.1, 0.15) is 17.3 Å². The number of aromatic nitrogens is 4. The fourth-order valence-electron chi connectivity index (χ4n) is 6.94. The Hall–Kier alpha value is -4.74. The van der Waals surface area contributed by atoms with Crippen LogP contribution in [0.25, 0.3) is 28.0 Å². The Morgan fingerprint density at radius 3 is 2.55 bits per heavy atom. The maximum absolute atomic E-state index is 16.4. The van der Waals surface area contributed by atoms with E-state index in [4.69, 9.17) is 4.74 Å². The number of halogens is 3. The molecule has 1 aromatic carbocycles. The minimum Gasteiger partial charge on any atom is -0.492 e. The first-order valence-corrected chi connectivity index (χ1v) is 15.9. The molecule has 1 saturated heterocycles. The molecule has 4 aromatic rings. The van der Waals surface area contributed by atoms with Crippen molar-refractivity contribution in [2.24, 2.45) is 5.41 Å². The van der Waals surface area contributed by atoms with E-state index >= 15 is 8.78 Å². The Balaban J connectivity index is 1.56. The topological polar surface area (TPSA) is 93.5 Å². The van der Waals surface area contributed by atoms with Crippen LogP contribution in [0.2, 0.25) is 0 Å². The van der Waals surface area contributed by atoms with E-state index in [1.54, 1.807) is 11.1 Å². The van der Waals surface area contributed by atoms with Crippen LogP contribution in [0.5, 0.6) is 5.75 Å². The van der Waals surface area contributed by atoms with E-state index in [2.05, 4.69) is 21.5 Å². The van der Waals surface area contributed by atoms with E-state index in [9.17, 15) is 14.0 Å². The highest BCUT2D eigenvalue weighted by Gasteiger charge is 2.45. The third-order valence-electron chi connectivity index (χ3n) is 9.67. The monoisotopic (exact) mass is 644 g/mol. The maximum atomic E-state index is 16.4. The Morgan fingerprint density at radius 2 is 1.85 bits per heavy atom. The van der Waals surface area contributed by atoms with Crippen molar-refractivity contribution in [1.29, 1.82) is 0 Å². The molecule has 3 aromatic heterocycles. The number of nitrogens with zero attached hydrogens (tertiary/aromatic N) is 6. The van der Waals surface area contributed by atoms with Crippen LogP contribution in [0.1, 0.15) is 57.7 Å². The molecule has 0 radical (unpaired) electrons. The lowest BCUT2D eigenvalue weighted by Crippen LogP contribution is -2.58. The van der Waals surface area contributed by atoms with E-state index < -0.39 is 34.4 Å². The van der Waals surface area contributed by atoms with Gasteiger partial charge in [0.15, 0.2) is 23.1 Å². The molecule has 2 bridgehead atoms. The van der Waals surface area contributed by atoms with Gasteiger partial charge in [0.2, 0.25) is 5.91 Å². The average Bonchev–Trinajstić information content (AvgIpc) is 3.81. The first-order valence-electron chi connectivity index (χ1n) is 15.9. The highest BCUT2D eigenvalue weighted by atomic mass is 19.2. The van der Waals surface area contributed by atoms with Crippen molar-refractivity contribution < 1.29 is 22.7 Å². The second-order valence-electron chi connectivity index (χ2n) is 13.3. The summed E-state index contributed by atoms with van der Waals surface area (Å²) in [6.45, 7) is 12.1. The largest absolute Gasteiger partial charge is 0.492 e. The molecule has 2 atom stereocenters. The molecule has 9 nitrogen and oxygen atoms in total. The number of hydrogen-bond donors (Lipinski definition) is 0. The van der Waals surface area contributed by atoms with Gasteiger partial charge in [0, 0.05) is 36.8 Å². The second-order valence-corrected chi connectivity index (χ2v) is 13.3. The second kappa shape index (κ2) is 11.2. The van der Waals surface area contributed by atoms with Crippen molar-refractivity contribution in [3.8, 4) is 22.7 Å². The van der Waals surface area contributed by atoms with Crippen molar-refractivity contribution >= 4 is 22.8 Å². The van der Waals surface area contributed by atoms with Crippen LogP contribution in [-0.2, 0) is 11.2 Å². The number of benzene rings is 1. The highest BCUT2D eigenvalue weighted by Crippen LogP contribution is 2.50. The van der Waals surface area contributed by atoms with Crippen molar-refractivity contribution in [3.63, 3.8) is 0 Å². The van der Waals surface area contributed by atoms with Gasteiger partial charge >= 0.3 is 5.69 Å². The molecule has 1 saturated carbocycles. The number of fused-ring (bicyclic) bond motifs is 5. The van der Waals surface area contributed by atoms with Crippen LogP contribution >= 0.6 is 0 Å². The summed E-state index contributed by atoms with van der Waals surface area (Å²) in [5.74, 6) is -3.60. The first kappa shape index (κ1) is 30.9. The fraction of sp³-hybridized carbons (Fsp3) is 0.400. The summed E-state index contributed by atoms with van der Waals surface area (Å²) in [5, 5.41) is 0.204. The molecule has 2 aliphatic heterocycles. The van der Waals surface area contributed by atoms with Gasteiger partial charge in [-0.3, -0.25) is 9.78 Å². The lowest BCUT2D eigenvalue weighted by Gasteiger charge is -2.44. The average molecular weight is 645 g/mol. The number of hydrogen-bond acceptors (Lipinski definition) is 7. The van der Waals surface area contributed by atoms with Gasteiger partial charge in [0.05, 0.1) is 28.9 Å². The molecule has 244 valence electrons. The van der Waals surface area contributed by atoms with Crippen LogP contribution in [0.4, 0.5) is 19.0 Å². The molecular formula is C35H35F3N6O3.